The number of nitrogens with one attached hydrogen (secondary N) is 2. The Bertz CT molecular complexity index is 805. The largest absolute Gasteiger partial charge is 0.494 e. The van der Waals surface area contributed by atoms with Gasteiger partial charge in [0.25, 0.3) is 11.8 Å². The molecule has 148 valence electrons. The zero-order valence-electron chi connectivity index (χ0n) is 16.1. The lowest BCUT2D eigenvalue weighted by Crippen LogP contribution is -2.42. The van der Waals surface area contributed by atoms with Crippen molar-refractivity contribution >= 4 is 23.5 Å². The highest BCUT2D eigenvalue weighted by atomic mass is 16.5. The molecule has 2 aromatic rings. The van der Waals surface area contributed by atoms with Crippen molar-refractivity contribution in [1.82, 2.24) is 5.32 Å². The number of hydrogen-bond donors (Lipinski definition) is 2. The van der Waals surface area contributed by atoms with Crippen molar-refractivity contribution in [3.63, 3.8) is 0 Å². The highest BCUT2D eigenvalue weighted by Crippen LogP contribution is 2.16. The molecular formula is C21H24N2O5. The van der Waals surface area contributed by atoms with Gasteiger partial charge in [0.2, 0.25) is 0 Å². The molecule has 0 aromatic heterocycles. The Kier molecular flexibility index (Phi) is 7.56. The third-order valence-electron chi connectivity index (χ3n) is 3.83. The van der Waals surface area contributed by atoms with Gasteiger partial charge in [0.05, 0.1) is 6.61 Å². The molecule has 7 nitrogen and oxygen atoms in total. The summed E-state index contributed by atoms with van der Waals surface area (Å²) in [4.78, 5) is 36.5. The van der Waals surface area contributed by atoms with Crippen LogP contribution in [0.4, 0.5) is 5.69 Å². The van der Waals surface area contributed by atoms with E-state index in [0.717, 1.165) is 0 Å². The number of amides is 2. The first-order chi connectivity index (χ1) is 13.4. The SMILES string of the molecule is CCOc1ccc(NC(=O)[C@H](C)OC(=O)[C@H](C)NC(=O)c2ccccc2)cc1. The van der Waals surface area contributed by atoms with Crippen LogP contribution >= 0.6 is 0 Å². The van der Waals surface area contributed by atoms with E-state index < -0.39 is 29.9 Å². The molecule has 2 aromatic carbocycles. The number of esters is 1. The number of rotatable bonds is 8. The molecule has 0 saturated carbocycles. The summed E-state index contributed by atoms with van der Waals surface area (Å²) in [6.45, 7) is 5.40. The number of carbonyl (C=O) groups is 3. The normalized spacial score (nSPS) is 12.4. The number of benzene rings is 2. The van der Waals surface area contributed by atoms with Crippen LogP contribution in [0, 0.1) is 0 Å². The van der Waals surface area contributed by atoms with E-state index in [4.69, 9.17) is 9.47 Å². The van der Waals surface area contributed by atoms with Crippen molar-refractivity contribution in [3.05, 3.63) is 60.2 Å². The molecule has 0 fully saturated rings. The van der Waals surface area contributed by atoms with Crippen LogP contribution in [0.3, 0.4) is 0 Å². The van der Waals surface area contributed by atoms with Crippen molar-refractivity contribution in [2.45, 2.75) is 32.9 Å². The Morgan fingerprint density at radius 2 is 1.61 bits per heavy atom. The zero-order chi connectivity index (χ0) is 20.5. The maximum atomic E-state index is 12.2. The number of anilines is 1. The van der Waals surface area contributed by atoms with Crippen LogP contribution in [0.5, 0.6) is 5.75 Å². The summed E-state index contributed by atoms with van der Waals surface area (Å²) in [5, 5.41) is 5.21. The number of carbonyl (C=O) groups excluding carboxylic acids is 3. The fourth-order valence-electron chi connectivity index (χ4n) is 2.30. The molecule has 0 unspecified atom stereocenters. The Balaban J connectivity index is 1.84. The minimum absolute atomic E-state index is 0.392. The van der Waals surface area contributed by atoms with Crippen LogP contribution in [0.1, 0.15) is 31.1 Å². The predicted octanol–water partition coefficient (Wildman–Crippen LogP) is 2.77. The van der Waals surface area contributed by atoms with E-state index in [1.807, 2.05) is 6.92 Å². The van der Waals surface area contributed by atoms with Gasteiger partial charge in [0.1, 0.15) is 11.8 Å². The van der Waals surface area contributed by atoms with Crippen molar-refractivity contribution in [2.75, 3.05) is 11.9 Å². The molecule has 2 rings (SSSR count). The summed E-state index contributed by atoms with van der Waals surface area (Å²) in [7, 11) is 0. The van der Waals surface area contributed by atoms with E-state index in [-0.39, 0.29) is 0 Å². The third kappa shape index (κ3) is 6.12. The van der Waals surface area contributed by atoms with Gasteiger partial charge in [-0.2, -0.15) is 0 Å². The molecule has 2 atom stereocenters. The fourth-order valence-corrected chi connectivity index (χ4v) is 2.30. The van der Waals surface area contributed by atoms with Gasteiger partial charge in [-0.25, -0.2) is 4.79 Å². The average molecular weight is 384 g/mol. The average Bonchev–Trinajstić information content (AvgIpc) is 2.70. The van der Waals surface area contributed by atoms with E-state index in [2.05, 4.69) is 10.6 Å². The summed E-state index contributed by atoms with van der Waals surface area (Å²) in [6, 6.07) is 14.5. The van der Waals surface area contributed by atoms with Crippen molar-refractivity contribution in [1.29, 1.82) is 0 Å². The lowest BCUT2D eigenvalue weighted by molar-refractivity contribution is -0.154. The minimum atomic E-state index is -1.02. The van der Waals surface area contributed by atoms with Gasteiger partial charge < -0.3 is 20.1 Å². The van der Waals surface area contributed by atoms with Crippen LogP contribution in [0.25, 0.3) is 0 Å². The van der Waals surface area contributed by atoms with E-state index in [9.17, 15) is 14.4 Å². The molecule has 0 heterocycles. The zero-order valence-corrected chi connectivity index (χ0v) is 16.1. The van der Waals surface area contributed by atoms with Crippen LogP contribution in [-0.4, -0.2) is 36.5 Å². The lowest BCUT2D eigenvalue weighted by Gasteiger charge is -2.17. The second-order valence-corrected chi connectivity index (χ2v) is 6.09. The van der Waals surface area contributed by atoms with Crippen molar-refractivity contribution in [2.24, 2.45) is 0 Å². The van der Waals surface area contributed by atoms with Crippen LogP contribution in [0.15, 0.2) is 54.6 Å². The molecule has 2 N–H and O–H groups in total. The summed E-state index contributed by atoms with van der Waals surface area (Å²) in [5.74, 6) is -0.864. The third-order valence-corrected chi connectivity index (χ3v) is 3.83. The second kappa shape index (κ2) is 10.1. The Morgan fingerprint density at radius 1 is 0.964 bits per heavy atom. The minimum Gasteiger partial charge on any atom is -0.494 e. The van der Waals surface area contributed by atoms with Crippen LogP contribution in [-0.2, 0) is 14.3 Å². The topological polar surface area (TPSA) is 93.7 Å². The van der Waals surface area contributed by atoms with Gasteiger partial charge >= 0.3 is 5.97 Å². The monoisotopic (exact) mass is 384 g/mol. The first-order valence-corrected chi connectivity index (χ1v) is 9.00. The van der Waals surface area contributed by atoms with E-state index >= 15 is 0 Å². The molecule has 0 saturated heterocycles. The standard InChI is InChI=1S/C21H24N2O5/c1-4-27-18-12-10-17(11-13-18)23-19(24)15(3)28-21(26)14(2)22-20(25)16-8-6-5-7-9-16/h5-15H,4H2,1-3H3,(H,22,25)(H,23,24)/t14-,15-/m0/s1. The highest BCUT2D eigenvalue weighted by Gasteiger charge is 2.23. The van der Waals surface area contributed by atoms with E-state index in [0.29, 0.717) is 23.6 Å². The molecule has 0 aliphatic heterocycles. The molecule has 28 heavy (non-hydrogen) atoms. The molecular weight excluding hydrogens is 360 g/mol. The molecule has 0 radical (unpaired) electrons. The summed E-state index contributed by atoms with van der Waals surface area (Å²) >= 11 is 0. The lowest BCUT2D eigenvalue weighted by atomic mass is 10.2. The fraction of sp³-hybridized carbons (Fsp3) is 0.286. The summed E-state index contributed by atoms with van der Waals surface area (Å²) in [5.41, 5.74) is 0.991. The summed E-state index contributed by atoms with van der Waals surface area (Å²) in [6.07, 6.45) is -1.02. The smallest absolute Gasteiger partial charge is 0.329 e. The first-order valence-electron chi connectivity index (χ1n) is 9.00. The van der Waals surface area contributed by atoms with E-state index in [1.165, 1.54) is 13.8 Å². The molecule has 7 heteroatoms. The summed E-state index contributed by atoms with van der Waals surface area (Å²) < 4.78 is 10.5. The molecule has 0 aliphatic carbocycles. The van der Waals surface area contributed by atoms with Gasteiger partial charge in [0.15, 0.2) is 6.10 Å². The van der Waals surface area contributed by atoms with Crippen LogP contribution < -0.4 is 15.4 Å². The number of hydrogen-bond acceptors (Lipinski definition) is 5. The Hall–Kier alpha value is -3.35. The maximum Gasteiger partial charge on any atom is 0.329 e. The van der Waals surface area contributed by atoms with Crippen molar-refractivity contribution in [3.8, 4) is 5.75 Å². The Labute approximate surface area is 164 Å². The van der Waals surface area contributed by atoms with E-state index in [1.54, 1.807) is 54.6 Å². The van der Waals surface area contributed by atoms with Gasteiger partial charge in [-0.1, -0.05) is 18.2 Å². The Morgan fingerprint density at radius 3 is 2.21 bits per heavy atom. The molecule has 2 amide bonds. The van der Waals surface area contributed by atoms with Crippen molar-refractivity contribution < 1.29 is 23.9 Å². The first kappa shape index (κ1) is 21.0. The predicted molar refractivity (Wildman–Crippen MR) is 105 cm³/mol. The molecule has 0 spiro atoms. The van der Waals surface area contributed by atoms with Gasteiger partial charge in [0, 0.05) is 11.3 Å². The van der Waals surface area contributed by atoms with Gasteiger partial charge in [-0.15, -0.1) is 0 Å². The van der Waals surface area contributed by atoms with Gasteiger partial charge in [-0.3, -0.25) is 9.59 Å². The number of ether oxygens (including phenoxy) is 2. The molecule has 0 aliphatic rings. The highest BCUT2D eigenvalue weighted by molar-refractivity contribution is 5.98. The van der Waals surface area contributed by atoms with Gasteiger partial charge in [-0.05, 0) is 57.2 Å². The second-order valence-electron chi connectivity index (χ2n) is 6.09. The van der Waals surface area contributed by atoms with Crippen LogP contribution in [0.2, 0.25) is 0 Å². The molecule has 0 bridgehead atoms. The quantitative estimate of drug-likeness (QED) is 0.683. The maximum absolute atomic E-state index is 12.2.